The molecule has 0 spiro atoms. The summed E-state index contributed by atoms with van der Waals surface area (Å²) in [6.45, 7) is 3.81. The summed E-state index contributed by atoms with van der Waals surface area (Å²) in [4.78, 5) is 11.7. The lowest BCUT2D eigenvalue weighted by Crippen LogP contribution is -2.32. The van der Waals surface area contributed by atoms with Crippen LogP contribution in [-0.2, 0) is 4.79 Å². The molecule has 1 atom stereocenters. The number of hydrogen-bond donors (Lipinski definition) is 1. The largest absolute Gasteiger partial charge is 0.349 e. The van der Waals surface area contributed by atoms with Gasteiger partial charge in [-0.05, 0) is 37.1 Å². The molecule has 1 N–H and O–H groups in total. The monoisotopic (exact) mass is 246 g/mol. The van der Waals surface area contributed by atoms with Crippen LogP contribution in [0.25, 0.3) is 6.08 Å². The number of halogens is 1. The molecule has 0 heterocycles. The third-order valence-electron chi connectivity index (χ3n) is 2.54. The lowest BCUT2D eigenvalue weighted by Gasteiger charge is -2.10. The summed E-state index contributed by atoms with van der Waals surface area (Å²) < 4.78 is 12.7. The van der Waals surface area contributed by atoms with E-state index < -0.39 is 5.91 Å². The minimum atomic E-state index is -0.406. The molecule has 1 aromatic carbocycles. The van der Waals surface area contributed by atoms with Crippen molar-refractivity contribution in [2.45, 2.75) is 26.3 Å². The Labute approximate surface area is 106 Å². The molecule has 0 saturated heterocycles. The van der Waals surface area contributed by atoms with Gasteiger partial charge in [0.2, 0.25) is 0 Å². The summed E-state index contributed by atoms with van der Waals surface area (Å²) in [5, 5.41) is 11.7. The summed E-state index contributed by atoms with van der Waals surface area (Å²) >= 11 is 0. The third-order valence-corrected chi connectivity index (χ3v) is 2.54. The molecule has 94 valence electrons. The number of hydrogen-bond acceptors (Lipinski definition) is 2. The summed E-state index contributed by atoms with van der Waals surface area (Å²) in [5.41, 5.74) is 0.633. The van der Waals surface area contributed by atoms with Gasteiger partial charge in [-0.1, -0.05) is 19.1 Å². The number of nitrogens with zero attached hydrogens (tertiary/aromatic N) is 1. The summed E-state index contributed by atoms with van der Waals surface area (Å²) in [6, 6.07) is 7.47. The van der Waals surface area contributed by atoms with E-state index in [9.17, 15) is 9.18 Å². The van der Waals surface area contributed by atoms with E-state index in [-0.39, 0.29) is 17.4 Å². The zero-order chi connectivity index (χ0) is 13.5. The second-order valence-electron chi connectivity index (χ2n) is 4.00. The maximum Gasteiger partial charge on any atom is 0.262 e. The Hall–Kier alpha value is -2.15. The van der Waals surface area contributed by atoms with Crippen molar-refractivity contribution in [2.75, 3.05) is 0 Å². The first-order chi connectivity index (χ1) is 8.56. The van der Waals surface area contributed by atoms with Gasteiger partial charge < -0.3 is 5.32 Å². The number of benzene rings is 1. The second-order valence-corrected chi connectivity index (χ2v) is 4.00. The minimum Gasteiger partial charge on any atom is -0.349 e. The van der Waals surface area contributed by atoms with E-state index in [2.05, 4.69) is 5.32 Å². The van der Waals surface area contributed by atoms with Crippen LogP contribution in [0.15, 0.2) is 29.8 Å². The van der Waals surface area contributed by atoms with E-state index >= 15 is 0 Å². The fraction of sp³-hybridized carbons (Fsp3) is 0.286. The van der Waals surface area contributed by atoms with E-state index in [1.165, 1.54) is 30.3 Å². The number of nitrogens with one attached hydrogen (secondary N) is 1. The zero-order valence-electron chi connectivity index (χ0n) is 10.4. The van der Waals surface area contributed by atoms with Crippen LogP contribution < -0.4 is 5.32 Å². The van der Waals surface area contributed by atoms with Crippen molar-refractivity contribution in [1.82, 2.24) is 5.32 Å². The van der Waals surface area contributed by atoms with Crippen LogP contribution in [0.1, 0.15) is 25.8 Å². The van der Waals surface area contributed by atoms with Gasteiger partial charge in [-0.15, -0.1) is 0 Å². The zero-order valence-corrected chi connectivity index (χ0v) is 10.4. The molecular formula is C14H15FN2O. The summed E-state index contributed by atoms with van der Waals surface area (Å²) in [6.07, 6.45) is 2.23. The van der Waals surface area contributed by atoms with Crippen molar-refractivity contribution in [3.8, 4) is 6.07 Å². The maximum atomic E-state index is 12.7. The van der Waals surface area contributed by atoms with Gasteiger partial charge >= 0.3 is 0 Å². The first-order valence-electron chi connectivity index (χ1n) is 5.75. The quantitative estimate of drug-likeness (QED) is 0.656. The SMILES string of the molecule is CC[C@@H](C)NC(=O)/C(C#N)=C/c1ccc(F)cc1. The second kappa shape index (κ2) is 6.55. The fourth-order valence-corrected chi connectivity index (χ4v) is 1.28. The van der Waals surface area contributed by atoms with Gasteiger partial charge in [0.05, 0.1) is 0 Å². The van der Waals surface area contributed by atoms with E-state index in [4.69, 9.17) is 5.26 Å². The Balaban J connectivity index is 2.86. The molecule has 1 amide bonds. The van der Waals surface area contributed by atoms with Crippen molar-refractivity contribution < 1.29 is 9.18 Å². The van der Waals surface area contributed by atoms with Gasteiger partial charge in [-0.3, -0.25) is 4.79 Å². The van der Waals surface area contributed by atoms with Crippen molar-refractivity contribution in [3.05, 3.63) is 41.2 Å². The Bertz CT molecular complexity index is 486. The number of amides is 1. The fourth-order valence-electron chi connectivity index (χ4n) is 1.28. The summed E-state index contributed by atoms with van der Waals surface area (Å²) in [5.74, 6) is -0.758. The van der Waals surface area contributed by atoms with Crippen LogP contribution in [0.5, 0.6) is 0 Å². The van der Waals surface area contributed by atoms with E-state index in [1.54, 1.807) is 0 Å². The highest BCUT2D eigenvalue weighted by Gasteiger charge is 2.11. The van der Waals surface area contributed by atoms with Crippen LogP contribution >= 0.6 is 0 Å². The van der Waals surface area contributed by atoms with Gasteiger partial charge in [0, 0.05) is 6.04 Å². The van der Waals surface area contributed by atoms with Crippen LogP contribution in [0.2, 0.25) is 0 Å². The molecule has 0 bridgehead atoms. The van der Waals surface area contributed by atoms with Crippen molar-refractivity contribution in [2.24, 2.45) is 0 Å². The lowest BCUT2D eigenvalue weighted by molar-refractivity contribution is -0.117. The average molecular weight is 246 g/mol. The number of nitriles is 1. The molecule has 0 unspecified atom stereocenters. The van der Waals surface area contributed by atoms with Crippen LogP contribution in [0, 0.1) is 17.1 Å². The van der Waals surface area contributed by atoms with Crippen molar-refractivity contribution >= 4 is 12.0 Å². The normalized spacial score (nSPS) is 12.7. The lowest BCUT2D eigenvalue weighted by atomic mass is 10.1. The van der Waals surface area contributed by atoms with Crippen molar-refractivity contribution in [1.29, 1.82) is 5.26 Å². The molecule has 0 aliphatic heterocycles. The van der Waals surface area contributed by atoms with Gasteiger partial charge in [-0.2, -0.15) is 5.26 Å². The number of carbonyl (C=O) groups is 1. The first-order valence-corrected chi connectivity index (χ1v) is 5.75. The molecule has 1 rings (SSSR count). The molecule has 1 aromatic rings. The maximum absolute atomic E-state index is 12.7. The summed E-state index contributed by atoms with van der Waals surface area (Å²) in [7, 11) is 0. The number of rotatable bonds is 4. The highest BCUT2D eigenvalue weighted by atomic mass is 19.1. The molecule has 18 heavy (non-hydrogen) atoms. The Morgan fingerprint density at radius 2 is 2.11 bits per heavy atom. The van der Waals surface area contributed by atoms with Crippen LogP contribution in [0.3, 0.4) is 0 Å². The highest BCUT2D eigenvalue weighted by Crippen LogP contribution is 2.08. The van der Waals surface area contributed by atoms with Gasteiger partial charge in [0.1, 0.15) is 17.5 Å². The molecule has 0 fully saturated rings. The smallest absolute Gasteiger partial charge is 0.262 e. The van der Waals surface area contributed by atoms with E-state index in [1.807, 2.05) is 19.9 Å². The third kappa shape index (κ3) is 4.02. The minimum absolute atomic E-state index is 0.0157. The Morgan fingerprint density at radius 1 is 1.50 bits per heavy atom. The average Bonchev–Trinajstić information content (AvgIpc) is 2.37. The van der Waals surface area contributed by atoms with Gasteiger partial charge in [-0.25, -0.2) is 4.39 Å². The Morgan fingerprint density at radius 3 is 2.61 bits per heavy atom. The molecular weight excluding hydrogens is 231 g/mol. The predicted octanol–water partition coefficient (Wildman–Crippen LogP) is 2.65. The number of carbonyl (C=O) groups excluding carboxylic acids is 1. The van der Waals surface area contributed by atoms with E-state index in [0.29, 0.717) is 5.56 Å². The van der Waals surface area contributed by atoms with E-state index in [0.717, 1.165) is 6.42 Å². The topological polar surface area (TPSA) is 52.9 Å². The molecule has 0 radical (unpaired) electrons. The van der Waals surface area contributed by atoms with Gasteiger partial charge in [0.25, 0.3) is 5.91 Å². The van der Waals surface area contributed by atoms with Crippen molar-refractivity contribution in [3.63, 3.8) is 0 Å². The standard InChI is InChI=1S/C14H15FN2O/c1-3-10(2)17-14(18)12(9-16)8-11-4-6-13(15)7-5-11/h4-8,10H,3H2,1-2H3,(H,17,18)/b12-8+/t10-/m1/s1. The molecule has 4 heteroatoms. The van der Waals surface area contributed by atoms with Crippen LogP contribution in [-0.4, -0.2) is 11.9 Å². The highest BCUT2D eigenvalue weighted by molar-refractivity contribution is 6.01. The Kier molecular flexibility index (Phi) is 5.06. The molecule has 0 aromatic heterocycles. The molecule has 0 saturated carbocycles. The van der Waals surface area contributed by atoms with Gasteiger partial charge in [0.15, 0.2) is 0 Å². The first kappa shape index (κ1) is 13.9. The predicted molar refractivity (Wildman–Crippen MR) is 67.9 cm³/mol. The molecule has 0 aliphatic carbocycles. The molecule has 3 nitrogen and oxygen atoms in total. The van der Waals surface area contributed by atoms with Crippen LogP contribution in [0.4, 0.5) is 4.39 Å². The molecule has 0 aliphatic rings.